The Morgan fingerprint density at radius 2 is 2.18 bits per heavy atom. The summed E-state index contributed by atoms with van der Waals surface area (Å²) in [5, 5.41) is 0. The van der Waals surface area contributed by atoms with E-state index in [0.29, 0.717) is 5.92 Å². The number of rotatable bonds is 5. The van der Waals surface area contributed by atoms with Crippen molar-refractivity contribution in [3.8, 4) is 0 Å². The molecule has 2 aromatic rings. The zero-order chi connectivity index (χ0) is 11.7. The van der Waals surface area contributed by atoms with Gasteiger partial charge in [0.25, 0.3) is 0 Å². The van der Waals surface area contributed by atoms with Crippen molar-refractivity contribution in [2.24, 2.45) is 0 Å². The van der Waals surface area contributed by atoms with Crippen LogP contribution in [0.3, 0.4) is 0 Å². The summed E-state index contributed by atoms with van der Waals surface area (Å²) >= 11 is 0. The van der Waals surface area contributed by atoms with Gasteiger partial charge in [-0.2, -0.15) is 0 Å². The minimum atomic E-state index is 0.684. The minimum absolute atomic E-state index is 0.684. The van der Waals surface area contributed by atoms with Gasteiger partial charge in [-0.25, -0.2) is 4.98 Å². The van der Waals surface area contributed by atoms with Crippen LogP contribution in [0.25, 0.3) is 11.0 Å². The lowest BCUT2D eigenvalue weighted by atomic mass is 10.3. The summed E-state index contributed by atoms with van der Waals surface area (Å²) in [6.45, 7) is 4.51. The van der Waals surface area contributed by atoms with E-state index in [1.165, 1.54) is 24.2 Å². The van der Waals surface area contributed by atoms with Gasteiger partial charge in [0.05, 0.1) is 17.6 Å². The fraction of sp³-hybridized carbons (Fsp3) is 0.500. The van der Waals surface area contributed by atoms with E-state index >= 15 is 0 Å². The van der Waals surface area contributed by atoms with Crippen LogP contribution in [-0.2, 0) is 11.3 Å². The van der Waals surface area contributed by atoms with Gasteiger partial charge in [0.15, 0.2) is 0 Å². The van der Waals surface area contributed by atoms with E-state index in [4.69, 9.17) is 9.72 Å². The quantitative estimate of drug-likeness (QED) is 0.738. The number of hydrogen-bond donors (Lipinski definition) is 0. The third-order valence-electron chi connectivity index (χ3n) is 3.29. The topological polar surface area (TPSA) is 27.1 Å². The Hall–Kier alpha value is -1.35. The summed E-state index contributed by atoms with van der Waals surface area (Å²) in [6, 6.07) is 8.38. The Kier molecular flexibility index (Phi) is 2.85. The van der Waals surface area contributed by atoms with Crippen molar-refractivity contribution in [1.82, 2.24) is 9.55 Å². The van der Waals surface area contributed by atoms with Crippen LogP contribution in [-0.4, -0.2) is 22.8 Å². The van der Waals surface area contributed by atoms with Crippen molar-refractivity contribution in [3.63, 3.8) is 0 Å². The number of imidazole rings is 1. The molecule has 0 bridgehead atoms. The Morgan fingerprint density at radius 3 is 2.94 bits per heavy atom. The first-order valence-electron chi connectivity index (χ1n) is 6.43. The van der Waals surface area contributed by atoms with Crippen LogP contribution in [0.4, 0.5) is 0 Å². The molecule has 1 fully saturated rings. The van der Waals surface area contributed by atoms with E-state index in [2.05, 4.69) is 28.8 Å². The van der Waals surface area contributed by atoms with Crippen molar-refractivity contribution in [2.75, 3.05) is 13.2 Å². The summed E-state index contributed by atoms with van der Waals surface area (Å²) in [4.78, 5) is 4.76. The van der Waals surface area contributed by atoms with Gasteiger partial charge >= 0.3 is 0 Å². The largest absolute Gasteiger partial charge is 0.380 e. The summed E-state index contributed by atoms with van der Waals surface area (Å²) < 4.78 is 7.80. The minimum Gasteiger partial charge on any atom is -0.380 e. The van der Waals surface area contributed by atoms with Crippen LogP contribution >= 0.6 is 0 Å². The molecule has 1 aliphatic rings. The second kappa shape index (κ2) is 4.49. The van der Waals surface area contributed by atoms with E-state index in [0.717, 1.165) is 25.3 Å². The monoisotopic (exact) mass is 230 g/mol. The first kappa shape index (κ1) is 10.8. The van der Waals surface area contributed by atoms with Gasteiger partial charge in [0.1, 0.15) is 5.82 Å². The highest BCUT2D eigenvalue weighted by Gasteiger charge is 2.29. The van der Waals surface area contributed by atoms with Gasteiger partial charge in [-0.15, -0.1) is 0 Å². The molecule has 0 atom stereocenters. The number of benzene rings is 1. The first-order valence-corrected chi connectivity index (χ1v) is 6.43. The number of fused-ring (bicyclic) bond motifs is 1. The highest BCUT2D eigenvalue weighted by atomic mass is 16.5. The molecule has 0 unspecified atom stereocenters. The molecule has 1 aromatic carbocycles. The molecule has 0 N–H and O–H groups in total. The van der Waals surface area contributed by atoms with Gasteiger partial charge < -0.3 is 9.30 Å². The highest BCUT2D eigenvalue weighted by Crippen LogP contribution is 2.40. The van der Waals surface area contributed by atoms with Crippen molar-refractivity contribution in [2.45, 2.75) is 32.2 Å². The van der Waals surface area contributed by atoms with Gasteiger partial charge in [-0.3, -0.25) is 0 Å². The summed E-state index contributed by atoms with van der Waals surface area (Å²) in [5.74, 6) is 1.94. The van der Waals surface area contributed by atoms with E-state index in [1.54, 1.807) is 0 Å². The SMILES string of the molecule is CCOCCn1c(C2CC2)nc2ccccc21. The van der Waals surface area contributed by atoms with Gasteiger partial charge in [0, 0.05) is 19.1 Å². The Balaban J connectivity index is 1.96. The first-order chi connectivity index (χ1) is 8.40. The maximum absolute atomic E-state index is 5.46. The van der Waals surface area contributed by atoms with Crippen molar-refractivity contribution in [3.05, 3.63) is 30.1 Å². The molecule has 0 aliphatic heterocycles. The average Bonchev–Trinajstić information content (AvgIpc) is 3.13. The molecule has 1 aromatic heterocycles. The van der Waals surface area contributed by atoms with Crippen molar-refractivity contribution >= 4 is 11.0 Å². The predicted molar refractivity (Wildman–Crippen MR) is 68.2 cm³/mol. The van der Waals surface area contributed by atoms with E-state index in [9.17, 15) is 0 Å². The third-order valence-corrected chi connectivity index (χ3v) is 3.29. The maximum atomic E-state index is 5.46. The molecule has 17 heavy (non-hydrogen) atoms. The Labute approximate surface area is 101 Å². The number of nitrogens with zero attached hydrogens (tertiary/aromatic N) is 2. The van der Waals surface area contributed by atoms with Crippen molar-refractivity contribution in [1.29, 1.82) is 0 Å². The molecule has 1 saturated carbocycles. The van der Waals surface area contributed by atoms with E-state index < -0.39 is 0 Å². The summed E-state index contributed by atoms with van der Waals surface area (Å²) in [5.41, 5.74) is 2.36. The molecule has 90 valence electrons. The molecular formula is C14H18N2O. The molecule has 3 rings (SSSR count). The summed E-state index contributed by atoms with van der Waals surface area (Å²) in [7, 11) is 0. The van der Waals surface area contributed by atoms with Crippen LogP contribution < -0.4 is 0 Å². The van der Waals surface area contributed by atoms with Gasteiger partial charge in [0.2, 0.25) is 0 Å². The fourth-order valence-electron chi connectivity index (χ4n) is 2.28. The van der Waals surface area contributed by atoms with Gasteiger partial charge in [-0.1, -0.05) is 12.1 Å². The predicted octanol–water partition coefficient (Wildman–Crippen LogP) is 2.95. The van der Waals surface area contributed by atoms with Crippen molar-refractivity contribution < 1.29 is 4.74 Å². The maximum Gasteiger partial charge on any atom is 0.113 e. The zero-order valence-electron chi connectivity index (χ0n) is 10.2. The van der Waals surface area contributed by atoms with Crippen LogP contribution in [0.2, 0.25) is 0 Å². The standard InChI is InChI=1S/C14H18N2O/c1-2-17-10-9-16-13-6-4-3-5-12(13)15-14(16)11-7-8-11/h3-6,11H,2,7-10H2,1H3. The van der Waals surface area contributed by atoms with E-state index in [-0.39, 0.29) is 0 Å². The highest BCUT2D eigenvalue weighted by molar-refractivity contribution is 5.76. The van der Waals surface area contributed by atoms with Gasteiger partial charge in [-0.05, 0) is 31.9 Å². The number of hydrogen-bond acceptors (Lipinski definition) is 2. The normalized spacial score (nSPS) is 15.6. The molecule has 3 heteroatoms. The smallest absolute Gasteiger partial charge is 0.113 e. The molecule has 0 saturated heterocycles. The second-order valence-electron chi connectivity index (χ2n) is 4.58. The molecular weight excluding hydrogens is 212 g/mol. The van der Waals surface area contributed by atoms with Crippen LogP contribution in [0, 0.1) is 0 Å². The lowest BCUT2D eigenvalue weighted by molar-refractivity contribution is 0.139. The third kappa shape index (κ3) is 2.07. The molecule has 1 aliphatic carbocycles. The lowest BCUT2D eigenvalue weighted by Crippen LogP contribution is -2.08. The number of para-hydroxylation sites is 2. The lowest BCUT2D eigenvalue weighted by Gasteiger charge is -2.08. The molecule has 1 heterocycles. The fourth-order valence-corrected chi connectivity index (χ4v) is 2.28. The van der Waals surface area contributed by atoms with Crippen LogP contribution in [0.5, 0.6) is 0 Å². The Morgan fingerprint density at radius 1 is 1.35 bits per heavy atom. The van der Waals surface area contributed by atoms with E-state index in [1.807, 2.05) is 6.92 Å². The number of aromatic nitrogens is 2. The molecule has 3 nitrogen and oxygen atoms in total. The Bertz CT molecular complexity index is 514. The summed E-state index contributed by atoms with van der Waals surface area (Å²) in [6.07, 6.45) is 2.58. The zero-order valence-corrected chi connectivity index (χ0v) is 10.2. The molecule has 0 amide bonds. The van der Waals surface area contributed by atoms with Crippen LogP contribution in [0.15, 0.2) is 24.3 Å². The number of ether oxygens (including phenoxy) is 1. The average molecular weight is 230 g/mol. The molecule has 0 spiro atoms. The van der Waals surface area contributed by atoms with Crippen LogP contribution in [0.1, 0.15) is 31.5 Å². The molecule has 0 radical (unpaired) electrons. The second-order valence-corrected chi connectivity index (χ2v) is 4.58.